The molecular formula is C18H20N6O. The molecule has 25 heavy (non-hydrogen) atoms. The van der Waals surface area contributed by atoms with Crippen LogP contribution in [0.25, 0.3) is 11.3 Å². The first kappa shape index (κ1) is 15.8. The average Bonchev–Trinajstić information content (AvgIpc) is 2.65. The quantitative estimate of drug-likeness (QED) is 0.829. The Bertz CT molecular complexity index is 848. The number of anilines is 2. The summed E-state index contributed by atoms with van der Waals surface area (Å²) in [5.41, 5.74) is 2.77. The van der Waals surface area contributed by atoms with Crippen LogP contribution in [-0.2, 0) is 0 Å². The van der Waals surface area contributed by atoms with E-state index in [2.05, 4.69) is 32.9 Å². The minimum atomic E-state index is -0.605. The van der Waals surface area contributed by atoms with Crippen LogP contribution in [0.15, 0.2) is 30.6 Å². The Labute approximate surface area is 146 Å². The summed E-state index contributed by atoms with van der Waals surface area (Å²) in [5, 5.41) is 20.1. The molecule has 128 valence electrons. The maximum Gasteiger partial charge on any atom is 0.152 e. The van der Waals surface area contributed by atoms with Gasteiger partial charge >= 0.3 is 0 Å². The summed E-state index contributed by atoms with van der Waals surface area (Å²) in [7, 11) is 3.95. The van der Waals surface area contributed by atoms with Crippen LogP contribution < -0.4 is 9.80 Å². The first-order chi connectivity index (χ1) is 12.1. The third-order valence-corrected chi connectivity index (χ3v) is 5.06. The number of fused-ring (bicyclic) bond motifs is 3. The number of hydrogen-bond donors (Lipinski definition) is 1. The summed E-state index contributed by atoms with van der Waals surface area (Å²) in [5.74, 6) is 0.879. The molecule has 7 heteroatoms. The number of pyridine rings is 2. The van der Waals surface area contributed by atoms with Crippen molar-refractivity contribution in [3.05, 3.63) is 36.2 Å². The van der Waals surface area contributed by atoms with Gasteiger partial charge in [0.2, 0.25) is 0 Å². The van der Waals surface area contributed by atoms with E-state index in [0.29, 0.717) is 11.3 Å². The van der Waals surface area contributed by atoms with Crippen LogP contribution >= 0.6 is 0 Å². The fourth-order valence-corrected chi connectivity index (χ4v) is 3.65. The molecule has 4 heterocycles. The third kappa shape index (κ3) is 2.51. The number of nitriles is 1. The first-order valence-electron chi connectivity index (χ1n) is 8.32. The molecule has 2 aromatic heterocycles. The van der Waals surface area contributed by atoms with Crippen molar-refractivity contribution in [3.8, 4) is 17.3 Å². The zero-order valence-electron chi connectivity index (χ0n) is 14.3. The normalized spacial score (nSPS) is 23.0. The lowest BCUT2D eigenvalue weighted by Gasteiger charge is -2.50. The number of hydrogen-bond acceptors (Lipinski definition) is 7. The molecule has 0 bridgehead atoms. The van der Waals surface area contributed by atoms with Gasteiger partial charge in [-0.05, 0) is 25.2 Å². The lowest BCUT2D eigenvalue weighted by atomic mass is 10.0. The summed E-state index contributed by atoms with van der Waals surface area (Å²) < 4.78 is 0. The van der Waals surface area contributed by atoms with Gasteiger partial charge in [-0.1, -0.05) is 0 Å². The maximum atomic E-state index is 10.8. The number of aromatic nitrogens is 2. The predicted molar refractivity (Wildman–Crippen MR) is 95.2 cm³/mol. The van der Waals surface area contributed by atoms with Crippen molar-refractivity contribution in [1.29, 1.82) is 5.26 Å². The second-order valence-corrected chi connectivity index (χ2v) is 6.63. The summed E-state index contributed by atoms with van der Waals surface area (Å²) in [6.07, 6.45) is 2.83. The molecule has 2 aliphatic heterocycles. The Balaban J connectivity index is 1.80. The molecule has 4 rings (SSSR count). The SMILES string of the molecule is CN1CCN2c3ncc(-c4ncccc4C#N)cc3N(C)C(O)C2C1. The van der Waals surface area contributed by atoms with Crippen molar-refractivity contribution in [2.75, 3.05) is 43.5 Å². The smallest absolute Gasteiger partial charge is 0.152 e. The number of piperazine rings is 1. The highest BCUT2D eigenvalue weighted by Crippen LogP contribution is 2.38. The van der Waals surface area contributed by atoms with Crippen LogP contribution in [0, 0.1) is 11.3 Å². The van der Waals surface area contributed by atoms with E-state index >= 15 is 0 Å². The van der Waals surface area contributed by atoms with Crippen molar-refractivity contribution in [1.82, 2.24) is 14.9 Å². The molecule has 0 amide bonds. The van der Waals surface area contributed by atoms with E-state index in [1.807, 2.05) is 18.0 Å². The Morgan fingerprint density at radius 3 is 2.92 bits per heavy atom. The summed E-state index contributed by atoms with van der Waals surface area (Å²) in [4.78, 5) is 15.3. The molecule has 0 spiro atoms. The van der Waals surface area contributed by atoms with Crippen molar-refractivity contribution in [2.45, 2.75) is 12.3 Å². The van der Waals surface area contributed by atoms with Crippen LogP contribution in [0.2, 0.25) is 0 Å². The Kier molecular flexibility index (Phi) is 3.79. The van der Waals surface area contributed by atoms with Gasteiger partial charge in [0.25, 0.3) is 0 Å². The van der Waals surface area contributed by atoms with Crippen molar-refractivity contribution >= 4 is 11.5 Å². The second kappa shape index (κ2) is 5.99. The van der Waals surface area contributed by atoms with Gasteiger partial charge in [-0.15, -0.1) is 0 Å². The maximum absolute atomic E-state index is 10.8. The van der Waals surface area contributed by atoms with Crippen molar-refractivity contribution in [2.24, 2.45) is 0 Å². The molecule has 0 aromatic carbocycles. The van der Waals surface area contributed by atoms with E-state index in [1.54, 1.807) is 24.5 Å². The van der Waals surface area contributed by atoms with Gasteiger partial charge in [-0.25, -0.2) is 4.98 Å². The molecule has 1 saturated heterocycles. The molecule has 1 N–H and O–H groups in total. The molecule has 1 fully saturated rings. The monoisotopic (exact) mass is 336 g/mol. The number of likely N-dealkylation sites (N-methyl/N-ethyl adjacent to an activating group) is 2. The van der Waals surface area contributed by atoms with Gasteiger partial charge in [0.1, 0.15) is 12.3 Å². The van der Waals surface area contributed by atoms with E-state index in [1.165, 1.54) is 0 Å². The van der Waals surface area contributed by atoms with Crippen LogP contribution in [0.5, 0.6) is 0 Å². The highest BCUT2D eigenvalue weighted by Gasteiger charge is 2.40. The molecule has 2 aliphatic rings. The van der Waals surface area contributed by atoms with E-state index < -0.39 is 6.23 Å². The highest BCUT2D eigenvalue weighted by atomic mass is 16.3. The third-order valence-electron chi connectivity index (χ3n) is 5.06. The molecule has 0 saturated carbocycles. The Hall–Kier alpha value is -2.69. The molecule has 0 radical (unpaired) electrons. The summed E-state index contributed by atoms with van der Waals surface area (Å²) >= 11 is 0. The highest BCUT2D eigenvalue weighted by molar-refractivity contribution is 5.78. The molecule has 2 aromatic rings. The lowest BCUT2D eigenvalue weighted by Crippen LogP contribution is -2.63. The van der Waals surface area contributed by atoms with Crippen LogP contribution in [0.1, 0.15) is 5.56 Å². The first-order valence-corrected chi connectivity index (χ1v) is 8.32. The van der Waals surface area contributed by atoms with Gasteiger partial charge in [-0.2, -0.15) is 5.26 Å². The summed E-state index contributed by atoms with van der Waals surface area (Å²) in [6.45, 7) is 2.57. The molecule has 2 atom stereocenters. The average molecular weight is 336 g/mol. The van der Waals surface area contributed by atoms with Gasteiger partial charge in [0.15, 0.2) is 5.82 Å². The standard InChI is InChI=1S/C18H20N6O/c1-22-6-7-24-15(11-22)18(25)23(2)14-8-13(10-21-17(14)24)16-12(9-19)4-3-5-20-16/h3-5,8,10,15,18,25H,6-7,11H2,1-2H3. The minimum absolute atomic E-state index is 0.000815. The van der Waals surface area contributed by atoms with Gasteiger partial charge in [-0.3, -0.25) is 4.98 Å². The van der Waals surface area contributed by atoms with E-state index in [0.717, 1.165) is 36.7 Å². The number of aliphatic hydroxyl groups is 1. The Morgan fingerprint density at radius 1 is 1.28 bits per heavy atom. The van der Waals surface area contributed by atoms with Crippen LogP contribution in [0.3, 0.4) is 0 Å². The fourth-order valence-electron chi connectivity index (χ4n) is 3.65. The lowest BCUT2D eigenvalue weighted by molar-refractivity contribution is 0.101. The minimum Gasteiger partial charge on any atom is -0.371 e. The van der Waals surface area contributed by atoms with Gasteiger partial charge in [0, 0.05) is 44.6 Å². The van der Waals surface area contributed by atoms with Crippen molar-refractivity contribution in [3.63, 3.8) is 0 Å². The predicted octanol–water partition coefficient (Wildman–Crippen LogP) is 0.904. The number of rotatable bonds is 1. The number of aliphatic hydroxyl groups excluding tert-OH is 1. The molecular weight excluding hydrogens is 316 g/mol. The zero-order chi connectivity index (χ0) is 17.6. The van der Waals surface area contributed by atoms with Gasteiger partial charge in [0.05, 0.1) is 23.0 Å². The second-order valence-electron chi connectivity index (χ2n) is 6.63. The van der Waals surface area contributed by atoms with E-state index in [-0.39, 0.29) is 6.04 Å². The molecule has 2 unspecified atom stereocenters. The largest absolute Gasteiger partial charge is 0.371 e. The zero-order valence-corrected chi connectivity index (χ0v) is 14.3. The Morgan fingerprint density at radius 2 is 2.12 bits per heavy atom. The topological polar surface area (TPSA) is 79.5 Å². The summed E-state index contributed by atoms with van der Waals surface area (Å²) in [6, 6.07) is 7.63. The number of nitrogens with zero attached hydrogens (tertiary/aromatic N) is 6. The van der Waals surface area contributed by atoms with Crippen LogP contribution in [0.4, 0.5) is 11.5 Å². The van der Waals surface area contributed by atoms with Gasteiger partial charge < -0.3 is 19.8 Å². The molecule has 7 nitrogen and oxygen atoms in total. The fraction of sp³-hybridized carbons (Fsp3) is 0.389. The van der Waals surface area contributed by atoms with E-state index in [9.17, 15) is 10.4 Å². The van der Waals surface area contributed by atoms with E-state index in [4.69, 9.17) is 0 Å². The van der Waals surface area contributed by atoms with Crippen LogP contribution in [-0.4, -0.2) is 66.0 Å². The van der Waals surface area contributed by atoms with Crippen molar-refractivity contribution < 1.29 is 5.11 Å². The molecule has 0 aliphatic carbocycles.